The van der Waals surface area contributed by atoms with Gasteiger partial charge < -0.3 is 5.32 Å². The van der Waals surface area contributed by atoms with Gasteiger partial charge in [-0.15, -0.1) is 0 Å². The van der Waals surface area contributed by atoms with E-state index in [1.807, 2.05) is 13.0 Å². The number of hydrogen-bond acceptors (Lipinski definition) is 1. The average molecular weight is 221 g/mol. The van der Waals surface area contributed by atoms with Gasteiger partial charge in [0.25, 0.3) is 0 Å². The van der Waals surface area contributed by atoms with E-state index in [-0.39, 0.29) is 5.82 Å². The van der Waals surface area contributed by atoms with Crippen LogP contribution in [0.3, 0.4) is 0 Å². The summed E-state index contributed by atoms with van der Waals surface area (Å²) in [6.07, 6.45) is 3.49. The van der Waals surface area contributed by atoms with Gasteiger partial charge in [0.15, 0.2) is 0 Å². The Balaban J connectivity index is 2.11. The van der Waals surface area contributed by atoms with Gasteiger partial charge in [-0.3, -0.25) is 0 Å². The molecule has 1 atom stereocenters. The van der Waals surface area contributed by atoms with E-state index in [0.717, 1.165) is 18.4 Å². The Morgan fingerprint density at radius 3 is 2.69 bits per heavy atom. The zero-order valence-electron chi connectivity index (χ0n) is 10.3. The van der Waals surface area contributed by atoms with Crippen LogP contribution < -0.4 is 5.32 Å². The van der Waals surface area contributed by atoms with Crippen molar-refractivity contribution in [3.63, 3.8) is 0 Å². The second-order valence-corrected chi connectivity index (χ2v) is 5.68. The van der Waals surface area contributed by atoms with E-state index in [1.165, 1.54) is 12.5 Å². The number of nitrogens with one attached hydrogen (secondary N) is 1. The highest BCUT2D eigenvalue weighted by Gasteiger charge is 2.31. The lowest BCUT2D eigenvalue weighted by molar-refractivity contribution is 0.378. The average Bonchev–Trinajstić information content (AvgIpc) is 2.52. The molecule has 1 aliphatic rings. The first-order chi connectivity index (χ1) is 7.48. The lowest BCUT2D eigenvalue weighted by Gasteiger charge is -2.19. The highest BCUT2D eigenvalue weighted by atomic mass is 19.1. The Hall–Kier alpha value is -1.05. The van der Waals surface area contributed by atoms with Gasteiger partial charge in [0, 0.05) is 6.04 Å². The molecule has 1 aliphatic carbocycles. The summed E-state index contributed by atoms with van der Waals surface area (Å²) in [7, 11) is 0. The van der Waals surface area contributed by atoms with Gasteiger partial charge in [0.05, 0.1) is 5.69 Å². The largest absolute Gasteiger partial charge is 0.380 e. The maximum atomic E-state index is 13.6. The fraction of sp³-hybridized carbons (Fsp3) is 0.571. The van der Waals surface area contributed by atoms with Gasteiger partial charge >= 0.3 is 0 Å². The monoisotopic (exact) mass is 221 g/mol. The van der Waals surface area contributed by atoms with Crippen molar-refractivity contribution in [2.45, 2.75) is 46.1 Å². The van der Waals surface area contributed by atoms with Crippen molar-refractivity contribution in [2.24, 2.45) is 5.41 Å². The summed E-state index contributed by atoms with van der Waals surface area (Å²) in [5, 5.41) is 3.36. The van der Waals surface area contributed by atoms with Gasteiger partial charge in [-0.1, -0.05) is 26.0 Å². The molecule has 0 heterocycles. The standard InChI is InChI=1S/C14H20FN/c1-10-5-4-6-12(15)13(10)16-11-7-8-14(2,3)9-11/h4-6,11,16H,7-9H2,1-3H3. The second kappa shape index (κ2) is 4.08. The van der Waals surface area contributed by atoms with Crippen LogP contribution in [-0.2, 0) is 0 Å². The molecular weight excluding hydrogens is 201 g/mol. The van der Waals surface area contributed by atoms with Crippen molar-refractivity contribution in [1.29, 1.82) is 0 Å². The Labute approximate surface area is 97.1 Å². The number of benzene rings is 1. The first-order valence-electron chi connectivity index (χ1n) is 6.00. The second-order valence-electron chi connectivity index (χ2n) is 5.68. The van der Waals surface area contributed by atoms with E-state index >= 15 is 0 Å². The molecule has 1 aromatic carbocycles. The van der Waals surface area contributed by atoms with Crippen molar-refractivity contribution in [3.05, 3.63) is 29.6 Å². The summed E-state index contributed by atoms with van der Waals surface area (Å²) < 4.78 is 13.6. The molecule has 0 spiro atoms. The van der Waals surface area contributed by atoms with Gasteiger partial charge in [0.1, 0.15) is 5.82 Å². The van der Waals surface area contributed by atoms with E-state index in [2.05, 4.69) is 19.2 Å². The SMILES string of the molecule is Cc1cccc(F)c1NC1CCC(C)(C)C1. The van der Waals surface area contributed by atoms with Crippen LogP contribution in [0.4, 0.5) is 10.1 Å². The van der Waals surface area contributed by atoms with Crippen LogP contribution in [0.15, 0.2) is 18.2 Å². The molecule has 16 heavy (non-hydrogen) atoms. The fourth-order valence-corrected chi connectivity index (χ4v) is 2.58. The third kappa shape index (κ3) is 2.37. The lowest BCUT2D eigenvalue weighted by atomic mass is 9.92. The molecule has 0 radical (unpaired) electrons. The van der Waals surface area contributed by atoms with Crippen molar-refractivity contribution in [3.8, 4) is 0 Å². The Kier molecular flexibility index (Phi) is 2.92. The number of anilines is 1. The molecule has 0 aliphatic heterocycles. The molecule has 0 bridgehead atoms. The molecule has 1 aromatic rings. The summed E-state index contributed by atoms with van der Waals surface area (Å²) in [5.74, 6) is -0.135. The van der Waals surface area contributed by atoms with E-state index < -0.39 is 0 Å². The number of aryl methyl sites for hydroxylation is 1. The predicted octanol–water partition coefficient (Wildman–Crippen LogP) is 4.12. The van der Waals surface area contributed by atoms with Crippen LogP contribution in [0.1, 0.15) is 38.7 Å². The van der Waals surface area contributed by atoms with Crippen molar-refractivity contribution in [2.75, 3.05) is 5.32 Å². The van der Waals surface area contributed by atoms with E-state index in [1.54, 1.807) is 6.07 Å². The molecule has 1 fully saturated rings. The Bertz CT molecular complexity index is 364. The number of halogens is 1. The molecule has 1 N–H and O–H groups in total. The molecule has 1 unspecified atom stereocenters. The fourth-order valence-electron chi connectivity index (χ4n) is 2.58. The van der Waals surface area contributed by atoms with Crippen molar-refractivity contribution in [1.82, 2.24) is 0 Å². The van der Waals surface area contributed by atoms with Gasteiger partial charge in [-0.2, -0.15) is 0 Å². The molecule has 0 saturated heterocycles. The normalized spacial score (nSPS) is 23.4. The van der Waals surface area contributed by atoms with Crippen LogP contribution in [0, 0.1) is 18.2 Å². The summed E-state index contributed by atoms with van der Waals surface area (Å²) in [5.41, 5.74) is 2.08. The highest BCUT2D eigenvalue weighted by molar-refractivity contribution is 5.52. The minimum atomic E-state index is -0.135. The number of rotatable bonds is 2. The minimum absolute atomic E-state index is 0.135. The van der Waals surface area contributed by atoms with E-state index in [0.29, 0.717) is 17.1 Å². The molecule has 2 rings (SSSR count). The smallest absolute Gasteiger partial charge is 0.146 e. The molecule has 1 nitrogen and oxygen atoms in total. The highest BCUT2D eigenvalue weighted by Crippen LogP contribution is 2.38. The third-order valence-electron chi connectivity index (χ3n) is 3.54. The summed E-state index contributed by atoms with van der Waals surface area (Å²) >= 11 is 0. The van der Waals surface area contributed by atoms with Gasteiger partial charge in [-0.25, -0.2) is 4.39 Å². The maximum Gasteiger partial charge on any atom is 0.146 e. The quantitative estimate of drug-likeness (QED) is 0.792. The predicted molar refractivity (Wildman–Crippen MR) is 66.2 cm³/mol. The van der Waals surface area contributed by atoms with Gasteiger partial charge in [0.2, 0.25) is 0 Å². The molecule has 2 heteroatoms. The first-order valence-corrected chi connectivity index (χ1v) is 6.00. The number of para-hydroxylation sites is 1. The number of hydrogen-bond donors (Lipinski definition) is 1. The lowest BCUT2D eigenvalue weighted by Crippen LogP contribution is -2.19. The van der Waals surface area contributed by atoms with Crippen LogP contribution in [-0.4, -0.2) is 6.04 Å². The molecule has 0 amide bonds. The summed E-state index contributed by atoms with van der Waals surface area (Å²) in [4.78, 5) is 0. The molecule has 1 saturated carbocycles. The molecule has 0 aromatic heterocycles. The van der Waals surface area contributed by atoms with Gasteiger partial charge in [-0.05, 0) is 43.2 Å². The van der Waals surface area contributed by atoms with Crippen LogP contribution >= 0.6 is 0 Å². The third-order valence-corrected chi connectivity index (χ3v) is 3.54. The topological polar surface area (TPSA) is 12.0 Å². The maximum absolute atomic E-state index is 13.6. The zero-order valence-corrected chi connectivity index (χ0v) is 10.3. The summed E-state index contributed by atoms with van der Waals surface area (Å²) in [6, 6.07) is 5.65. The minimum Gasteiger partial charge on any atom is -0.380 e. The van der Waals surface area contributed by atoms with E-state index in [9.17, 15) is 4.39 Å². The molecular formula is C14H20FN. The van der Waals surface area contributed by atoms with Crippen LogP contribution in [0.5, 0.6) is 0 Å². The molecule has 88 valence electrons. The van der Waals surface area contributed by atoms with E-state index in [4.69, 9.17) is 0 Å². The first kappa shape index (κ1) is 11.4. The van der Waals surface area contributed by atoms with Crippen molar-refractivity contribution >= 4 is 5.69 Å². The Morgan fingerprint density at radius 2 is 2.12 bits per heavy atom. The Morgan fingerprint density at radius 1 is 1.38 bits per heavy atom. The summed E-state index contributed by atoms with van der Waals surface area (Å²) in [6.45, 7) is 6.51. The van der Waals surface area contributed by atoms with Crippen molar-refractivity contribution < 1.29 is 4.39 Å². The zero-order chi connectivity index (χ0) is 11.8. The van der Waals surface area contributed by atoms with Crippen LogP contribution in [0.25, 0.3) is 0 Å². The van der Waals surface area contributed by atoms with Crippen LogP contribution in [0.2, 0.25) is 0 Å².